The number of ether oxygens (including phenoxy) is 2. The quantitative estimate of drug-likeness (QED) is 0.891. The van der Waals surface area contributed by atoms with E-state index in [-0.39, 0.29) is 5.91 Å². The maximum Gasteiger partial charge on any atom is 0.251 e. The van der Waals surface area contributed by atoms with Crippen LogP contribution in [0.4, 0.5) is 0 Å². The Morgan fingerprint density at radius 3 is 2.41 bits per heavy atom. The van der Waals surface area contributed by atoms with Gasteiger partial charge in [0.05, 0.1) is 7.11 Å². The van der Waals surface area contributed by atoms with Crippen LogP contribution in [0.25, 0.3) is 0 Å². The van der Waals surface area contributed by atoms with E-state index in [4.69, 9.17) is 9.47 Å². The molecule has 2 aromatic carbocycles. The highest BCUT2D eigenvalue weighted by Crippen LogP contribution is 2.26. The Bertz CT molecular complexity index is 648. The van der Waals surface area contributed by atoms with Gasteiger partial charge in [-0.3, -0.25) is 4.79 Å². The van der Waals surface area contributed by atoms with Crippen molar-refractivity contribution in [1.82, 2.24) is 5.32 Å². The third-order valence-electron chi connectivity index (χ3n) is 3.59. The molecule has 1 saturated carbocycles. The Morgan fingerprint density at radius 1 is 1.09 bits per heavy atom. The molecular formula is C18H19NO3. The van der Waals surface area contributed by atoms with Gasteiger partial charge in [-0.25, -0.2) is 0 Å². The summed E-state index contributed by atoms with van der Waals surface area (Å²) in [6, 6.07) is 15.4. The summed E-state index contributed by atoms with van der Waals surface area (Å²) in [7, 11) is 1.62. The highest BCUT2D eigenvalue weighted by atomic mass is 16.5. The summed E-state index contributed by atoms with van der Waals surface area (Å²) in [5, 5.41) is 2.98. The number of rotatable bonds is 6. The molecule has 0 radical (unpaired) electrons. The summed E-state index contributed by atoms with van der Waals surface area (Å²) in [6.45, 7) is 0.435. The lowest BCUT2D eigenvalue weighted by atomic mass is 10.1. The lowest BCUT2D eigenvalue weighted by Gasteiger charge is -2.10. The van der Waals surface area contributed by atoms with E-state index in [2.05, 4.69) is 5.32 Å². The molecule has 0 atom stereocenters. The molecule has 1 N–H and O–H groups in total. The SMILES string of the molecule is COc1ccccc1OCc1ccc(C(=O)NC2CC2)cc1. The Morgan fingerprint density at radius 2 is 1.77 bits per heavy atom. The van der Waals surface area contributed by atoms with Crippen molar-refractivity contribution in [2.75, 3.05) is 7.11 Å². The second-order valence-electron chi connectivity index (χ2n) is 5.38. The van der Waals surface area contributed by atoms with Gasteiger partial charge >= 0.3 is 0 Å². The molecule has 0 heterocycles. The summed E-state index contributed by atoms with van der Waals surface area (Å²) < 4.78 is 11.0. The van der Waals surface area contributed by atoms with E-state index in [0.29, 0.717) is 29.7 Å². The monoisotopic (exact) mass is 297 g/mol. The van der Waals surface area contributed by atoms with Crippen molar-refractivity contribution in [3.05, 3.63) is 59.7 Å². The molecule has 22 heavy (non-hydrogen) atoms. The third-order valence-corrected chi connectivity index (χ3v) is 3.59. The van der Waals surface area contributed by atoms with Crippen LogP contribution in [0.15, 0.2) is 48.5 Å². The average molecular weight is 297 g/mol. The van der Waals surface area contributed by atoms with Gasteiger partial charge in [0.2, 0.25) is 0 Å². The van der Waals surface area contributed by atoms with Crippen molar-refractivity contribution >= 4 is 5.91 Å². The fraction of sp³-hybridized carbons (Fsp3) is 0.278. The molecule has 0 unspecified atom stereocenters. The zero-order valence-corrected chi connectivity index (χ0v) is 12.5. The molecule has 1 aliphatic carbocycles. The van der Waals surface area contributed by atoms with Crippen molar-refractivity contribution in [1.29, 1.82) is 0 Å². The molecule has 0 saturated heterocycles. The molecule has 3 rings (SSSR count). The van der Waals surface area contributed by atoms with E-state index in [1.807, 2.05) is 48.5 Å². The second-order valence-corrected chi connectivity index (χ2v) is 5.38. The summed E-state index contributed by atoms with van der Waals surface area (Å²) >= 11 is 0. The van der Waals surface area contributed by atoms with E-state index < -0.39 is 0 Å². The first kappa shape index (κ1) is 14.4. The molecular weight excluding hydrogens is 278 g/mol. The van der Waals surface area contributed by atoms with Crippen LogP contribution in [0.2, 0.25) is 0 Å². The molecule has 0 aliphatic heterocycles. The van der Waals surface area contributed by atoms with Crippen molar-refractivity contribution in [3.63, 3.8) is 0 Å². The van der Waals surface area contributed by atoms with Crippen molar-refractivity contribution in [2.45, 2.75) is 25.5 Å². The normalized spacial score (nSPS) is 13.5. The van der Waals surface area contributed by atoms with E-state index in [1.54, 1.807) is 7.11 Å². The number of amides is 1. The molecule has 114 valence electrons. The van der Waals surface area contributed by atoms with Gasteiger partial charge in [0.1, 0.15) is 6.61 Å². The van der Waals surface area contributed by atoms with Gasteiger partial charge in [-0.1, -0.05) is 24.3 Å². The van der Waals surface area contributed by atoms with E-state index in [9.17, 15) is 4.79 Å². The minimum Gasteiger partial charge on any atom is -0.493 e. The van der Waals surface area contributed by atoms with E-state index >= 15 is 0 Å². The average Bonchev–Trinajstić information content (AvgIpc) is 3.37. The van der Waals surface area contributed by atoms with Crippen molar-refractivity contribution in [2.24, 2.45) is 0 Å². The second kappa shape index (κ2) is 6.52. The largest absolute Gasteiger partial charge is 0.493 e. The first-order valence-electron chi connectivity index (χ1n) is 7.42. The molecule has 4 nitrogen and oxygen atoms in total. The molecule has 1 aliphatic rings. The maximum atomic E-state index is 11.9. The topological polar surface area (TPSA) is 47.6 Å². The highest BCUT2D eigenvalue weighted by Gasteiger charge is 2.23. The summed E-state index contributed by atoms with van der Waals surface area (Å²) in [6.07, 6.45) is 2.19. The van der Waals surface area contributed by atoms with Gasteiger partial charge in [0.15, 0.2) is 11.5 Å². The van der Waals surface area contributed by atoms with E-state index in [1.165, 1.54) is 0 Å². The Balaban J connectivity index is 1.59. The van der Waals surface area contributed by atoms with Gasteiger partial charge in [-0.15, -0.1) is 0 Å². The molecule has 4 heteroatoms. The van der Waals surface area contributed by atoms with Crippen LogP contribution in [0, 0.1) is 0 Å². The highest BCUT2D eigenvalue weighted by molar-refractivity contribution is 5.94. The number of methoxy groups -OCH3 is 1. The number of carbonyl (C=O) groups is 1. The first-order valence-corrected chi connectivity index (χ1v) is 7.42. The Kier molecular flexibility index (Phi) is 4.28. The van der Waals surface area contributed by atoms with Crippen molar-refractivity contribution < 1.29 is 14.3 Å². The Labute approximate surface area is 130 Å². The molecule has 1 amide bonds. The lowest BCUT2D eigenvalue weighted by molar-refractivity contribution is 0.0951. The van der Waals surface area contributed by atoms with Crippen LogP contribution in [0.3, 0.4) is 0 Å². The van der Waals surface area contributed by atoms with Crippen LogP contribution in [0.5, 0.6) is 11.5 Å². The van der Waals surface area contributed by atoms with Gasteiger partial charge < -0.3 is 14.8 Å². The molecule has 0 aromatic heterocycles. The lowest BCUT2D eigenvalue weighted by Crippen LogP contribution is -2.25. The van der Waals surface area contributed by atoms with E-state index in [0.717, 1.165) is 18.4 Å². The molecule has 0 spiro atoms. The molecule has 0 bridgehead atoms. The van der Waals surface area contributed by atoms with Gasteiger partial charge in [0.25, 0.3) is 5.91 Å². The number of para-hydroxylation sites is 2. The first-order chi connectivity index (χ1) is 10.8. The van der Waals surface area contributed by atoms with Crippen LogP contribution in [0.1, 0.15) is 28.8 Å². The maximum absolute atomic E-state index is 11.9. The minimum atomic E-state index is -0.000281. The van der Waals surface area contributed by atoms with Crippen LogP contribution >= 0.6 is 0 Å². The zero-order valence-electron chi connectivity index (χ0n) is 12.5. The van der Waals surface area contributed by atoms with Gasteiger partial charge in [-0.2, -0.15) is 0 Å². The minimum absolute atomic E-state index is 0.000281. The van der Waals surface area contributed by atoms with Crippen LogP contribution < -0.4 is 14.8 Å². The predicted octanol–water partition coefficient (Wildman–Crippen LogP) is 3.17. The number of hydrogen-bond donors (Lipinski definition) is 1. The summed E-state index contributed by atoms with van der Waals surface area (Å²) in [4.78, 5) is 11.9. The number of benzene rings is 2. The standard InChI is InChI=1S/C18H19NO3/c1-21-16-4-2-3-5-17(16)22-12-13-6-8-14(9-7-13)18(20)19-15-10-11-15/h2-9,15H,10-12H2,1H3,(H,19,20). The summed E-state index contributed by atoms with van der Waals surface area (Å²) in [5.41, 5.74) is 1.70. The Hall–Kier alpha value is -2.49. The number of nitrogens with one attached hydrogen (secondary N) is 1. The smallest absolute Gasteiger partial charge is 0.251 e. The number of hydrogen-bond acceptors (Lipinski definition) is 3. The van der Waals surface area contributed by atoms with Gasteiger partial charge in [-0.05, 0) is 42.7 Å². The fourth-order valence-electron chi connectivity index (χ4n) is 2.15. The van der Waals surface area contributed by atoms with Crippen LogP contribution in [-0.4, -0.2) is 19.1 Å². The number of carbonyl (C=O) groups excluding carboxylic acids is 1. The van der Waals surface area contributed by atoms with Crippen molar-refractivity contribution in [3.8, 4) is 11.5 Å². The fourth-order valence-corrected chi connectivity index (χ4v) is 2.15. The van der Waals surface area contributed by atoms with Crippen LogP contribution in [-0.2, 0) is 6.61 Å². The van der Waals surface area contributed by atoms with Gasteiger partial charge in [0, 0.05) is 11.6 Å². The summed E-state index contributed by atoms with van der Waals surface area (Å²) in [5.74, 6) is 1.42. The molecule has 1 fully saturated rings. The third kappa shape index (κ3) is 3.58. The predicted molar refractivity (Wildman–Crippen MR) is 84.3 cm³/mol. The molecule has 2 aromatic rings. The zero-order chi connectivity index (χ0) is 15.4.